The van der Waals surface area contributed by atoms with Gasteiger partial charge in [0, 0.05) is 0 Å². The van der Waals surface area contributed by atoms with E-state index in [4.69, 9.17) is 0 Å². The van der Waals surface area contributed by atoms with E-state index in [2.05, 4.69) is 27.7 Å². The lowest BCUT2D eigenvalue weighted by Gasteiger charge is -2.67. The van der Waals surface area contributed by atoms with Crippen molar-refractivity contribution in [2.24, 2.45) is 34.0 Å². The number of hydrogen-bond acceptors (Lipinski definition) is 1. The van der Waals surface area contributed by atoms with Crippen LogP contribution < -0.4 is 0 Å². The van der Waals surface area contributed by atoms with Gasteiger partial charge in [0.05, 0.1) is 5.60 Å². The Morgan fingerprint density at radius 1 is 0.810 bits per heavy atom. The maximum absolute atomic E-state index is 10.9. The predicted octanol–water partition coefficient (Wildman–Crippen LogP) is 5.17. The van der Waals surface area contributed by atoms with Crippen molar-refractivity contribution in [3.05, 3.63) is 0 Å². The Balaban J connectivity index is 1.77. The molecule has 2 bridgehead atoms. The van der Waals surface area contributed by atoms with Crippen molar-refractivity contribution in [2.45, 2.75) is 91.1 Å². The van der Waals surface area contributed by atoms with E-state index in [9.17, 15) is 5.11 Å². The third-order valence-corrected chi connectivity index (χ3v) is 9.04. The quantitative estimate of drug-likeness (QED) is 0.652. The summed E-state index contributed by atoms with van der Waals surface area (Å²) in [6.07, 6.45) is 12.2. The molecule has 0 radical (unpaired) electrons. The van der Waals surface area contributed by atoms with Crippen molar-refractivity contribution in [2.75, 3.05) is 0 Å². The molecule has 0 amide bonds. The van der Waals surface area contributed by atoms with Crippen LogP contribution in [0.4, 0.5) is 0 Å². The Morgan fingerprint density at radius 3 is 2.33 bits per heavy atom. The normalized spacial score (nSPS) is 58.4. The fraction of sp³-hybridized carbons (Fsp3) is 1.00. The Hall–Kier alpha value is -0.0400. The summed E-state index contributed by atoms with van der Waals surface area (Å²) in [7, 11) is 0. The molecule has 0 aromatic rings. The van der Waals surface area contributed by atoms with Crippen molar-refractivity contribution in [3.8, 4) is 0 Å². The molecule has 4 aliphatic rings. The molecule has 1 heteroatoms. The molecule has 0 aliphatic heterocycles. The van der Waals surface area contributed by atoms with E-state index >= 15 is 0 Å². The molecular weight excluding hydrogens is 256 g/mol. The summed E-state index contributed by atoms with van der Waals surface area (Å²) < 4.78 is 0. The van der Waals surface area contributed by atoms with E-state index in [1.54, 1.807) is 0 Å². The summed E-state index contributed by atoms with van der Waals surface area (Å²) in [6.45, 7) is 9.87. The Bertz CT molecular complexity index is 451. The zero-order valence-electron chi connectivity index (χ0n) is 14.5. The molecule has 21 heavy (non-hydrogen) atoms. The zero-order chi connectivity index (χ0) is 15.1. The lowest BCUT2D eigenvalue weighted by Crippen LogP contribution is -2.60. The van der Waals surface area contributed by atoms with Crippen LogP contribution in [-0.2, 0) is 0 Å². The Morgan fingerprint density at radius 2 is 1.57 bits per heavy atom. The van der Waals surface area contributed by atoms with E-state index in [1.165, 1.54) is 51.4 Å². The van der Waals surface area contributed by atoms with Gasteiger partial charge in [0.1, 0.15) is 0 Å². The van der Waals surface area contributed by atoms with Crippen LogP contribution in [-0.4, -0.2) is 10.7 Å². The third-order valence-electron chi connectivity index (χ3n) is 9.04. The summed E-state index contributed by atoms with van der Waals surface area (Å²) in [5.74, 6) is 2.28. The molecule has 0 aromatic carbocycles. The van der Waals surface area contributed by atoms with Crippen molar-refractivity contribution >= 4 is 0 Å². The highest BCUT2D eigenvalue weighted by Crippen LogP contribution is 2.74. The van der Waals surface area contributed by atoms with Gasteiger partial charge >= 0.3 is 0 Å². The van der Waals surface area contributed by atoms with E-state index < -0.39 is 0 Å². The zero-order valence-corrected chi connectivity index (χ0v) is 14.5. The fourth-order valence-corrected chi connectivity index (χ4v) is 8.00. The molecule has 120 valence electrons. The predicted molar refractivity (Wildman–Crippen MR) is 87.0 cm³/mol. The monoisotopic (exact) mass is 290 g/mol. The van der Waals surface area contributed by atoms with Crippen molar-refractivity contribution in [1.82, 2.24) is 0 Å². The topological polar surface area (TPSA) is 20.2 Å². The highest BCUT2D eigenvalue weighted by molar-refractivity contribution is 5.17. The minimum atomic E-state index is -0.377. The number of aliphatic hydroxyl groups is 1. The van der Waals surface area contributed by atoms with Crippen LogP contribution in [0.3, 0.4) is 0 Å². The summed E-state index contributed by atoms with van der Waals surface area (Å²) in [4.78, 5) is 0. The molecule has 0 heterocycles. The Labute approximate surface area is 130 Å². The molecule has 4 aliphatic carbocycles. The lowest BCUT2D eigenvalue weighted by atomic mass is 9.38. The molecule has 0 unspecified atom stereocenters. The van der Waals surface area contributed by atoms with Gasteiger partial charge in [-0.2, -0.15) is 0 Å². The maximum Gasteiger partial charge on any atom is 0.0650 e. The van der Waals surface area contributed by atoms with Crippen LogP contribution in [0.15, 0.2) is 0 Å². The van der Waals surface area contributed by atoms with Gasteiger partial charge < -0.3 is 5.11 Å². The molecule has 1 nitrogen and oxygen atoms in total. The van der Waals surface area contributed by atoms with Crippen LogP contribution in [0.2, 0.25) is 0 Å². The minimum Gasteiger partial charge on any atom is -0.390 e. The standard InChI is InChI=1S/C20H34O/c1-17(2)9-5-10-18(3)16(17)7-6-15-12-19(4,21)14-8-11-20(15,18)13-14/h14-16,21H,5-13H2,1-4H3/t14-,15-,16-,18-,19+,20-/m0/s1. The Kier molecular flexibility index (Phi) is 2.82. The second-order valence-electron chi connectivity index (χ2n) is 10.2. The smallest absolute Gasteiger partial charge is 0.0650 e. The number of hydrogen-bond donors (Lipinski definition) is 1. The van der Waals surface area contributed by atoms with Crippen molar-refractivity contribution in [3.63, 3.8) is 0 Å². The third kappa shape index (κ3) is 1.68. The summed E-state index contributed by atoms with van der Waals surface area (Å²) in [5.41, 5.74) is 1.27. The van der Waals surface area contributed by atoms with E-state index in [0.717, 1.165) is 18.3 Å². The van der Waals surface area contributed by atoms with Gasteiger partial charge in [-0.1, -0.05) is 27.2 Å². The van der Waals surface area contributed by atoms with E-state index in [0.29, 0.717) is 22.2 Å². The highest BCUT2D eigenvalue weighted by Gasteiger charge is 2.67. The number of rotatable bonds is 0. The van der Waals surface area contributed by atoms with Gasteiger partial charge in [-0.25, -0.2) is 0 Å². The van der Waals surface area contributed by atoms with Crippen LogP contribution in [0, 0.1) is 34.0 Å². The molecule has 0 saturated heterocycles. The van der Waals surface area contributed by atoms with Crippen LogP contribution in [0.1, 0.15) is 85.5 Å². The van der Waals surface area contributed by atoms with E-state index in [1.807, 2.05) is 0 Å². The molecule has 1 spiro atoms. The number of fused-ring (bicyclic) bond motifs is 2. The molecule has 1 N–H and O–H groups in total. The molecule has 4 rings (SSSR count). The SMILES string of the molecule is CC1(C)CCC[C@@]2(C)[C@H]1CC[C@H]1C[C@@](C)(O)[C@H]3CC[C@]12C3. The molecule has 4 fully saturated rings. The second-order valence-corrected chi connectivity index (χ2v) is 10.2. The molecule has 6 atom stereocenters. The average Bonchev–Trinajstić information content (AvgIpc) is 2.77. The first-order chi connectivity index (χ1) is 9.71. The summed E-state index contributed by atoms with van der Waals surface area (Å²) in [6, 6.07) is 0. The van der Waals surface area contributed by atoms with Gasteiger partial charge in [-0.3, -0.25) is 0 Å². The first-order valence-corrected chi connectivity index (χ1v) is 9.44. The largest absolute Gasteiger partial charge is 0.390 e. The van der Waals surface area contributed by atoms with Gasteiger partial charge in [0.25, 0.3) is 0 Å². The van der Waals surface area contributed by atoms with Crippen LogP contribution in [0.5, 0.6) is 0 Å². The average molecular weight is 290 g/mol. The lowest BCUT2D eigenvalue weighted by molar-refractivity contribution is -0.193. The van der Waals surface area contributed by atoms with Gasteiger partial charge in [-0.15, -0.1) is 0 Å². The summed E-state index contributed by atoms with van der Waals surface area (Å²) >= 11 is 0. The van der Waals surface area contributed by atoms with Crippen LogP contribution >= 0.6 is 0 Å². The van der Waals surface area contributed by atoms with Crippen LogP contribution in [0.25, 0.3) is 0 Å². The van der Waals surface area contributed by atoms with E-state index in [-0.39, 0.29) is 5.60 Å². The first kappa shape index (κ1) is 14.5. The fourth-order valence-electron chi connectivity index (χ4n) is 8.00. The van der Waals surface area contributed by atoms with Gasteiger partial charge in [0.2, 0.25) is 0 Å². The van der Waals surface area contributed by atoms with Crippen molar-refractivity contribution in [1.29, 1.82) is 0 Å². The molecule has 0 aromatic heterocycles. The first-order valence-electron chi connectivity index (χ1n) is 9.44. The molecular formula is C20H34O. The summed E-state index contributed by atoms with van der Waals surface area (Å²) in [5, 5.41) is 10.9. The van der Waals surface area contributed by atoms with Gasteiger partial charge in [-0.05, 0) is 92.3 Å². The minimum absolute atomic E-state index is 0.377. The van der Waals surface area contributed by atoms with Crippen molar-refractivity contribution < 1.29 is 5.11 Å². The highest BCUT2D eigenvalue weighted by atomic mass is 16.3. The maximum atomic E-state index is 10.9. The molecule has 4 saturated carbocycles. The van der Waals surface area contributed by atoms with Gasteiger partial charge in [0.15, 0.2) is 0 Å². The second kappa shape index (κ2) is 4.08.